The molecule has 1 atom stereocenters. The van der Waals surface area contributed by atoms with Gasteiger partial charge in [0.15, 0.2) is 0 Å². The third-order valence-electron chi connectivity index (χ3n) is 2.59. The molecule has 1 fully saturated rings. The smallest absolute Gasteiger partial charge is 0.103 e. The lowest BCUT2D eigenvalue weighted by Crippen LogP contribution is -2.32. The monoisotopic (exact) mass is 209 g/mol. The number of rotatable bonds is 3. The van der Waals surface area contributed by atoms with E-state index in [1.165, 1.54) is 0 Å². The first kappa shape index (κ1) is 13.2. The van der Waals surface area contributed by atoms with Crippen molar-refractivity contribution in [1.29, 1.82) is 0 Å². The van der Waals surface area contributed by atoms with Crippen LogP contribution in [-0.4, -0.2) is 19.3 Å². The van der Waals surface area contributed by atoms with Gasteiger partial charge in [-0.05, 0) is 44.2 Å². The van der Waals surface area contributed by atoms with Crippen molar-refractivity contribution in [2.24, 2.45) is 11.8 Å². The summed E-state index contributed by atoms with van der Waals surface area (Å²) in [6.07, 6.45) is 2.22. The second-order valence-electron chi connectivity index (χ2n) is 4.23. The van der Waals surface area contributed by atoms with Gasteiger partial charge in [-0.25, -0.2) is 4.39 Å². The Hall–Kier alpha value is 0.180. The fourth-order valence-corrected chi connectivity index (χ4v) is 1.85. The van der Waals surface area contributed by atoms with Crippen LogP contribution in [-0.2, 0) is 0 Å². The summed E-state index contributed by atoms with van der Waals surface area (Å²) in [6.45, 7) is 6.19. The molecule has 0 bridgehead atoms. The van der Waals surface area contributed by atoms with Gasteiger partial charge in [0.05, 0.1) is 0 Å². The summed E-state index contributed by atoms with van der Waals surface area (Å²) in [4.78, 5) is 0. The lowest BCUT2D eigenvalue weighted by molar-refractivity contribution is 0.162. The van der Waals surface area contributed by atoms with Gasteiger partial charge >= 0.3 is 0 Å². The van der Waals surface area contributed by atoms with Crippen LogP contribution >= 0.6 is 12.4 Å². The average Bonchev–Trinajstić information content (AvgIpc) is 2.05. The van der Waals surface area contributed by atoms with Gasteiger partial charge in [0.25, 0.3) is 0 Å². The van der Waals surface area contributed by atoms with E-state index in [4.69, 9.17) is 0 Å². The maximum atomic E-state index is 13.5. The van der Waals surface area contributed by atoms with Gasteiger partial charge in [-0.1, -0.05) is 13.8 Å². The first-order valence-electron chi connectivity index (χ1n) is 5.05. The Morgan fingerprint density at radius 2 is 1.85 bits per heavy atom. The standard InChI is InChI=1S/C10H20FN.ClH/c1-8(2)7-10(11)9-3-5-12-6-4-9;/h8-10,12H,3-7H2,1-2H3;1H. The minimum atomic E-state index is -0.563. The minimum absolute atomic E-state index is 0. The van der Waals surface area contributed by atoms with E-state index in [2.05, 4.69) is 19.2 Å². The number of halogens is 2. The molecule has 1 aliphatic heterocycles. The Morgan fingerprint density at radius 1 is 1.31 bits per heavy atom. The minimum Gasteiger partial charge on any atom is -0.317 e. The molecule has 80 valence electrons. The van der Waals surface area contributed by atoms with Gasteiger partial charge in [0.2, 0.25) is 0 Å². The highest BCUT2D eigenvalue weighted by atomic mass is 35.5. The van der Waals surface area contributed by atoms with E-state index in [1.54, 1.807) is 0 Å². The van der Waals surface area contributed by atoms with Crippen molar-refractivity contribution in [2.75, 3.05) is 13.1 Å². The molecule has 0 saturated carbocycles. The largest absolute Gasteiger partial charge is 0.317 e. The summed E-state index contributed by atoms with van der Waals surface area (Å²) in [6, 6.07) is 0. The van der Waals surface area contributed by atoms with Gasteiger partial charge in [-0.15, -0.1) is 12.4 Å². The van der Waals surface area contributed by atoms with E-state index in [-0.39, 0.29) is 12.4 Å². The Kier molecular flexibility index (Phi) is 6.70. The molecule has 1 rings (SSSR count). The molecule has 0 aromatic rings. The zero-order chi connectivity index (χ0) is 8.97. The van der Waals surface area contributed by atoms with E-state index in [9.17, 15) is 4.39 Å². The molecule has 0 aromatic carbocycles. The van der Waals surface area contributed by atoms with Gasteiger partial charge in [0, 0.05) is 0 Å². The van der Waals surface area contributed by atoms with Crippen molar-refractivity contribution in [1.82, 2.24) is 5.32 Å². The molecule has 1 N–H and O–H groups in total. The number of hydrogen-bond donors (Lipinski definition) is 1. The van der Waals surface area contributed by atoms with Crippen LogP contribution in [0.25, 0.3) is 0 Å². The maximum Gasteiger partial charge on any atom is 0.103 e. The molecule has 13 heavy (non-hydrogen) atoms. The fraction of sp³-hybridized carbons (Fsp3) is 1.00. The lowest BCUT2D eigenvalue weighted by Gasteiger charge is -2.26. The molecule has 1 aliphatic rings. The van der Waals surface area contributed by atoms with Gasteiger partial charge in [-0.3, -0.25) is 0 Å². The highest BCUT2D eigenvalue weighted by Crippen LogP contribution is 2.23. The second kappa shape index (κ2) is 6.61. The Morgan fingerprint density at radius 3 is 2.31 bits per heavy atom. The molecule has 3 heteroatoms. The number of piperidine rings is 1. The van der Waals surface area contributed by atoms with Crippen molar-refractivity contribution >= 4 is 12.4 Å². The van der Waals surface area contributed by atoms with Crippen molar-refractivity contribution in [3.05, 3.63) is 0 Å². The molecule has 0 amide bonds. The predicted molar refractivity (Wildman–Crippen MR) is 57.2 cm³/mol. The van der Waals surface area contributed by atoms with E-state index in [1.807, 2.05) is 0 Å². The number of alkyl halides is 1. The summed E-state index contributed by atoms with van der Waals surface area (Å²) in [7, 11) is 0. The first-order chi connectivity index (χ1) is 5.70. The summed E-state index contributed by atoms with van der Waals surface area (Å²) >= 11 is 0. The highest BCUT2D eigenvalue weighted by molar-refractivity contribution is 5.85. The van der Waals surface area contributed by atoms with Crippen LogP contribution in [0.1, 0.15) is 33.1 Å². The van der Waals surface area contributed by atoms with Crippen molar-refractivity contribution < 1.29 is 4.39 Å². The molecule has 0 aliphatic carbocycles. The lowest BCUT2D eigenvalue weighted by atomic mass is 9.89. The number of nitrogens with one attached hydrogen (secondary N) is 1. The molecule has 1 saturated heterocycles. The van der Waals surface area contributed by atoms with Crippen LogP contribution in [0, 0.1) is 11.8 Å². The van der Waals surface area contributed by atoms with E-state index >= 15 is 0 Å². The van der Waals surface area contributed by atoms with Crippen LogP contribution in [0.3, 0.4) is 0 Å². The summed E-state index contributed by atoms with van der Waals surface area (Å²) in [5.41, 5.74) is 0. The highest BCUT2D eigenvalue weighted by Gasteiger charge is 2.23. The molecule has 1 unspecified atom stereocenters. The van der Waals surface area contributed by atoms with Crippen molar-refractivity contribution in [2.45, 2.75) is 39.3 Å². The van der Waals surface area contributed by atoms with Gasteiger partial charge in [-0.2, -0.15) is 0 Å². The molecule has 0 aromatic heterocycles. The Bertz CT molecular complexity index is 124. The van der Waals surface area contributed by atoms with Crippen LogP contribution in [0.5, 0.6) is 0 Å². The summed E-state index contributed by atoms with van der Waals surface area (Å²) < 4.78 is 13.5. The topological polar surface area (TPSA) is 12.0 Å². The van der Waals surface area contributed by atoms with Crippen molar-refractivity contribution in [3.8, 4) is 0 Å². The van der Waals surface area contributed by atoms with E-state index < -0.39 is 6.17 Å². The molecule has 1 heterocycles. The van der Waals surface area contributed by atoms with Crippen LogP contribution < -0.4 is 5.32 Å². The van der Waals surface area contributed by atoms with Crippen LogP contribution in [0.2, 0.25) is 0 Å². The van der Waals surface area contributed by atoms with E-state index in [0.29, 0.717) is 11.8 Å². The maximum absolute atomic E-state index is 13.5. The molecular formula is C10H21ClFN. The van der Waals surface area contributed by atoms with E-state index in [0.717, 1.165) is 32.4 Å². The third-order valence-corrected chi connectivity index (χ3v) is 2.59. The zero-order valence-electron chi connectivity index (χ0n) is 8.55. The zero-order valence-corrected chi connectivity index (χ0v) is 9.37. The molecule has 1 nitrogen and oxygen atoms in total. The van der Waals surface area contributed by atoms with Gasteiger partial charge in [0.1, 0.15) is 6.17 Å². The normalized spacial score (nSPS) is 21.2. The predicted octanol–water partition coefficient (Wildman–Crippen LogP) is 2.79. The molecule has 0 spiro atoms. The molecule has 0 radical (unpaired) electrons. The Balaban J connectivity index is 0.00000144. The summed E-state index contributed by atoms with van der Waals surface area (Å²) in [5.74, 6) is 0.823. The second-order valence-corrected chi connectivity index (χ2v) is 4.23. The SMILES string of the molecule is CC(C)CC(F)C1CCNCC1.Cl. The average molecular weight is 210 g/mol. The van der Waals surface area contributed by atoms with Crippen LogP contribution in [0.4, 0.5) is 4.39 Å². The Labute approximate surface area is 86.9 Å². The van der Waals surface area contributed by atoms with Crippen molar-refractivity contribution in [3.63, 3.8) is 0 Å². The molecular weight excluding hydrogens is 189 g/mol. The third kappa shape index (κ3) is 4.82. The summed E-state index contributed by atoms with van der Waals surface area (Å²) in [5, 5.41) is 3.26. The fourth-order valence-electron chi connectivity index (χ4n) is 1.85. The quantitative estimate of drug-likeness (QED) is 0.754. The van der Waals surface area contributed by atoms with Crippen LogP contribution in [0.15, 0.2) is 0 Å². The van der Waals surface area contributed by atoms with Gasteiger partial charge < -0.3 is 5.32 Å². The number of hydrogen-bond acceptors (Lipinski definition) is 1. The first-order valence-corrected chi connectivity index (χ1v) is 5.05.